The fourth-order valence-corrected chi connectivity index (χ4v) is 4.18. The van der Waals surface area contributed by atoms with Gasteiger partial charge in [-0.1, -0.05) is 23.2 Å². The summed E-state index contributed by atoms with van der Waals surface area (Å²) in [6.07, 6.45) is 3.33. The molecule has 1 aromatic carbocycles. The lowest BCUT2D eigenvalue weighted by molar-refractivity contribution is 0.0760. The van der Waals surface area contributed by atoms with Gasteiger partial charge in [-0.25, -0.2) is 4.79 Å². The summed E-state index contributed by atoms with van der Waals surface area (Å²) in [5.41, 5.74) is 0.895. The van der Waals surface area contributed by atoms with Crippen LogP contribution in [0.5, 0.6) is 5.75 Å². The molecule has 0 atom stereocenters. The Morgan fingerprint density at radius 3 is 2.42 bits per heavy atom. The SMILES string of the molecule is Cc1c(OC2CCN(CC3CCN(C(=O)O)CC3)CC2)ccc(Cl)c1Cl. The van der Waals surface area contributed by atoms with Crippen LogP contribution in [-0.2, 0) is 0 Å². The number of hydrogen-bond acceptors (Lipinski definition) is 3. The van der Waals surface area contributed by atoms with Gasteiger partial charge >= 0.3 is 6.09 Å². The molecule has 2 aliphatic heterocycles. The summed E-state index contributed by atoms with van der Waals surface area (Å²) in [4.78, 5) is 15.0. The molecule has 0 aliphatic carbocycles. The summed E-state index contributed by atoms with van der Waals surface area (Å²) < 4.78 is 6.16. The molecule has 0 saturated carbocycles. The molecule has 2 aliphatic rings. The van der Waals surface area contributed by atoms with Gasteiger partial charge in [0, 0.05) is 38.3 Å². The lowest BCUT2D eigenvalue weighted by Crippen LogP contribution is -2.44. The van der Waals surface area contributed by atoms with Gasteiger partial charge in [-0.2, -0.15) is 0 Å². The number of carboxylic acid groups (broad SMARTS) is 1. The molecule has 0 unspecified atom stereocenters. The van der Waals surface area contributed by atoms with Crippen molar-refractivity contribution in [1.29, 1.82) is 0 Å². The second-order valence-electron chi connectivity index (χ2n) is 7.32. The first-order valence-corrected chi connectivity index (χ1v) is 10.0. The molecule has 1 amide bonds. The van der Waals surface area contributed by atoms with Crippen LogP contribution in [0.25, 0.3) is 0 Å². The van der Waals surface area contributed by atoms with Crippen molar-refractivity contribution in [3.8, 4) is 5.75 Å². The summed E-state index contributed by atoms with van der Waals surface area (Å²) in [5, 5.41) is 10.2. The average Bonchev–Trinajstić information content (AvgIpc) is 2.64. The third kappa shape index (κ3) is 4.76. The molecule has 2 heterocycles. The van der Waals surface area contributed by atoms with Crippen molar-refractivity contribution in [1.82, 2.24) is 9.80 Å². The first-order valence-electron chi connectivity index (χ1n) is 9.25. The number of carbonyl (C=O) groups is 1. The van der Waals surface area contributed by atoms with Crippen LogP contribution in [0.1, 0.15) is 31.2 Å². The molecule has 0 radical (unpaired) electrons. The van der Waals surface area contributed by atoms with Crippen molar-refractivity contribution < 1.29 is 14.6 Å². The van der Waals surface area contributed by atoms with Crippen LogP contribution in [0, 0.1) is 12.8 Å². The van der Waals surface area contributed by atoms with Crippen molar-refractivity contribution in [3.05, 3.63) is 27.7 Å². The van der Waals surface area contributed by atoms with Crippen LogP contribution in [0.3, 0.4) is 0 Å². The Bertz CT molecular complexity index is 640. The van der Waals surface area contributed by atoms with E-state index in [0.717, 1.165) is 56.6 Å². The van der Waals surface area contributed by atoms with Crippen LogP contribution in [-0.4, -0.2) is 59.8 Å². The lowest BCUT2D eigenvalue weighted by Gasteiger charge is -2.37. The minimum atomic E-state index is -0.793. The largest absolute Gasteiger partial charge is 0.490 e. The Hall–Kier alpha value is -1.17. The van der Waals surface area contributed by atoms with Gasteiger partial charge < -0.3 is 19.6 Å². The Morgan fingerprint density at radius 1 is 1.15 bits per heavy atom. The highest BCUT2D eigenvalue weighted by molar-refractivity contribution is 6.42. The van der Waals surface area contributed by atoms with Crippen molar-refractivity contribution in [2.45, 2.75) is 38.7 Å². The molecule has 0 bridgehead atoms. The molecule has 0 aromatic heterocycles. The average molecular weight is 401 g/mol. The Morgan fingerprint density at radius 2 is 1.81 bits per heavy atom. The van der Waals surface area contributed by atoms with Crippen LogP contribution >= 0.6 is 23.2 Å². The van der Waals surface area contributed by atoms with E-state index in [1.54, 1.807) is 6.07 Å². The molecule has 5 nitrogen and oxygen atoms in total. The Kier molecular flexibility index (Phi) is 6.54. The molecule has 7 heteroatoms. The standard InChI is InChI=1S/C19H26Cl2N2O3/c1-13-17(3-2-16(20)18(13)21)26-15-6-8-22(9-7-15)12-14-4-10-23(11-5-14)19(24)25/h2-3,14-15H,4-12H2,1H3,(H,24,25). The zero-order valence-electron chi connectivity index (χ0n) is 15.1. The number of halogens is 2. The van der Waals surface area contributed by atoms with E-state index in [4.69, 9.17) is 33.0 Å². The predicted molar refractivity (Wildman–Crippen MR) is 104 cm³/mol. The van der Waals surface area contributed by atoms with E-state index >= 15 is 0 Å². The lowest BCUT2D eigenvalue weighted by atomic mass is 9.95. The molecular formula is C19H26Cl2N2O3. The highest BCUT2D eigenvalue weighted by atomic mass is 35.5. The summed E-state index contributed by atoms with van der Waals surface area (Å²) in [6, 6.07) is 3.68. The first kappa shape index (κ1) is 19.6. The summed E-state index contributed by atoms with van der Waals surface area (Å²) in [7, 11) is 0. The minimum Gasteiger partial charge on any atom is -0.490 e. The number of hydrogen-bond donors (Lipinski definition) is 1. The molecule has 2 fully saturated rings. The molecule has 3 rings (SSSR count). The zero-order valence-corrected chi connectivity index (χ0v) is 16.6. The van der Waals surface area contributed by atoms with Crippen molar-refractivity contribution in [2.75, 3.05) is 32.7 Å². The number of nitrogens with zero attached hydrogens (tertiary/aromatic N) is 2. The molecule has 144 valence electrons. The fraction of sp³-hybridized carbons (Fsp3) is 0.632. The number of ether oxygens (including phenoxy) is 1. The van der Waals surface area contributed by atoms with E-state index in [2.05, 4.69) is 4.90 Å². The van der Waals surface area contributed by atoms with Crippen LogP contribution in [0.15, 0.2) is 12.1 Å². The second-order valence-corrected chi connectivity index (χ2v) is 8.10. The van der Waals surface area contributed by atoms with Crippen LogP contribution in [0.2, 0.25) is 10.0 Å². The van der Waals surface area contributed by atoms with E-state index in [9.17, 15) is 4.79 Å². The van der Waals surface area contributed by atoms with Gasteiger partial charge in [0.1, 0.15) is 11.9 Å². The van der Waals surface area contributed by atoms with E-state index < -0.39 is 6.09 Å². The van der Waals surface area contributed by atoms with Gasteiger partial charge in [0.25, 0.3) is 0 Å². The fourth-order valence-electron chi connectivity index (χ4n) is 3.82. The highest BCUT2D eigenvalue weighted by Gasteiger charge is 2.27. The first-order chi connectivity index (χ1) is 12.4. The van der Waals surface area contributed by atoms with Gasteiger partial charge in [-0.05, 0) is 50.7 Å². The second kappa shape index (κ2) is 8.68. The quantitative estimate of drug-likeness (QED) is 0.805. The monoisotopic (exact) mass is 400 g/mol. The third-order valence-corrected chi connectivity index (χ3v) is 6.42. The normalized spacial score (nSPS) is 20.3. The maximum Gasteiger partial charge on any atom is 0.407 e. The number of benzene rings is 1. The topological polar surface area (TPSA) is 53.0 Å². The van der Waals surface area contributed by atoms with Gasteiger partial charge in [0.2, 0.25) is 0 Å². The number of amides is 1. The maximum atomic E-state index is 11.0. The minimum absolute atomic E-state index is 0.205. The molecular weight excluding hydrogens is 375 g/mol. The van der Waals surface area contributed by atoms with E-state index in [-0.39, 0.29) is 6.10 Å². The van der Waals surface area contributed by atoms with Crippen molar-refractivity contribution >= 4 is 29.3 Å². The highest BCUT2D eigenvalue weighted by Crippen LogP contribution is 2.33. The van der Waals surface area contributed by atoms with Gasteiger partial charge in [-0.3, -0.25) is 0 Å². The van der Waals surface area contributed by atoms with Crippen molar-refractivity contribution in [2.24, 2.45) is 5.92 Å². The Balaban J connectivity index is 1.44. The molecule has 1 aromatic rings. The van der Waals surface area contributed by atoms with E-state index in [0.29, 0.717) is 29.1 Å². The van der Waals surface area contributed by atoms with Crippen LogP contribution < -0.4 is 4.74 Å². The number of rotatable bonds is 4. The number of piperidine rings is 2. The Labute approximate surface area is 164 Å². The predicted octanol–water partition coefficient (Wildman–Crippen LogP) is 4.54. The third-order valence-electron chi connectivity index (χ3n) is 5.52. The molecule has 26 heavy (non-hydrogen) atoms. The van der Waals surface area contributed by atoms with E-state index in [1.807, 2.05) is 13.0 Å². The zero-order chi connectivity index (χ0) is 18.7. The molecule has 2 saturated heterocycles. The van der Waals surface area contributed by atoms with Gasteiger partial charge in [0.15, 0.2) is 0 Å². The number of likely N-dealkylation sites (tertiary alicyclic amines) is 2. The van der Waals surface area contributed by atoms with Crippen molar-refractivity contribution in [3.63, 3.8) is 0 Å². The summed E-state index contributed by atoms with van der Waals surface area (Å²) in [5.74, 6) is 1.42. The van der Waals surface area contributed by atoms with Gasteiger partial charge in [0.05, 0.1) is 10.0 Å². The maximum absolute atomic E-state index is 11.0. The van der Waals surface area contributed by atoms with Gasteiger partial charge in [-0.15, -0.1) is 0 Å². The van der Waals surface area contributed by atoms with Crippen LogP contribution in [0.4, 0.5) is 4.79 Å². The summed E-state index contributed by atoms with van der Waals surface area (Å²) >= 11 is 12.2. The van der Waals surface area contributed by atoms with E-state index in [1.165, 1.54) is 4.90 Å². The molecule has 1 N–H and O–H groups in total. The summed E-state index contributed by atoms with van der Waals surface area (Å²) in [6.45, 7) is 6.36. The smallest absolute Gasteiger partial charge is 0.407 e. The molecule has 0 spiro atoms.